The first kappa shape index (κ1) is 22.0. The smallest absolute Gasteiger partial charge is 0.408 e. The average Bonchev–Trinajstić information content (AvgIpc) is 2.74. The Balaban J connectivity index is 1.71. The predicted octanol–water partition coefficient (Wildman–Crippen LogP) is 4.82. The minimum atomic E-state index is -0.780. The molecule has 0 spiro atoms. The molecule has 1 heterocycles. The van der Waals surface area contributed by atoms with Gasteiger partial charge in [-0.25, -0.2) is 4.79 Å². The number of benzene rings is 2. The first-order valence-corrected chi connectivity index (χ1v) is 10.1. The first-order chi connectivity index (χ1) is 14.8. The van der Waals surface area contributed by atoms with E-state index in [-0.39, 0.29) is 5.91 Å². The van der Waals surface area contributed by atoms with Crippen LogP contribution in [0.1, 0.15) is 26.3 Å². The maximum absolute atomic E-state index is 13.0. The molecule has 0 saturated carbocycles. The van der Waals surface area contributed by atoms with Gasteiger partial charge in [-0.2, -0.15) is 0 Å². The number of nitrogens with one attached hydrogen (secondary N) is 2. The van der Waals surface area contributed by atoms with Crippen molar-refractivity contribution < 1.29 is 14.3 Å². The summed E-state index contributed by atoms with van der Waals surface area (Å²) in [5.41, 5.74) is 2.99. The van der Waals surface area contributed by atoms with Gasteiger partial charge >= 0.3 is 6.09 Å². The Morgan fingerprint density at radius 2 is 1.52 bits per heavy atom. The second-order valence-corrected chi connectivity index (χ2v) is 8.19. The van der Waals surface area contributed by atoms with Crippen LogP contribution in [0.4, 0.5) is 10.5 Å². The lowest BCUT2D eigenvalue weighted by Gasteiger charge is -2.23. The summed E-state index contributed by atoms with van der Waals surface area (Å²) in [6, 6.07) is 20.1. The van der Waals surface area contributed by atoms with Crippen LogP contribution in [0.25, 0.3) is 11.1 Å². The molecule has 3 rings (SSSR count). The molecule has 2 N–H and O–H groups in total. The topological polar surface area (TPSA) is 80.3 Å². The number of aromatic nitrogens is 1. The highest BCUT2D eigenvalue weighted by atomic mass is 16.6. The van der Waals surface area contributed by atoms with Crippen molar-refractivity contribution in [1.29, 1.82) is 0 Å². The average molecular weight is 418 g/mol. The summed E-state index contributed by atoms with van der Waals surface area (Å²) < 4.78 is 5.34. The molecule has 0 aliphatic heterocycles. The molecule has 1 atom stereocenters. The fourth-order valence-electron chi connectivity index (χ4n) is 3.03. The van der Waals surface area contributed by atoms with E-state index >= 15 is 0 Å². The highest BCUT2D eigenvalue weighted by molar-refractivity contribution is 5.97. The SMILES string of the molecule is CC(C)(C)OC(=O)N[C@@H](Cc1ccccc1)C(=O)Nc1ccc(-c2ccncc2)cc1. The summed E-state index contributed by atoms with van der Waals surface area (Å²) in [5, 5.41) is 5.59. The number of carbonyl (C=O) groups is 2. The van der Waals surface area contributed by atoms with Gasteiger partial charge in [-0.3, -0.25) is 9.78 Å². The minimum Gasteiger partial charge on any atom is -0.444 e. The minimum absolute atomic E-state index is 0.314. The number of pyridine rings is 1. The van der Waals surface area contributed by atoms with Crippen LogP contribution in [-0.4, -0.2) is 28.6 Å². The molecule has 0 aliphatic rings. The zero-order chi connectivity index (χ0) is 22.3. The van der Waals surface area contributed by atoms with Gasteiger partial charge in [-0.15, -0.1) is 0 Å². The second kappa shape index (κ2) is 9.89. The molecule has 0 saturated heterocycles. The monoisotopic (exact) mass is 417 g/mol. The van der Waals surface area contributed by atoms with E-state index in [9.17, 15) is 9.59 Å². The lowest BCUT2D eigenvalue weighted by atomic mass is 10.0. The lowest BCUT2D eigenvalue weighted by Crippen LogP contribution is -2.47. The molecule has 2 aromatic carbocycles. The van der Waals surface area contributed by atoms with Crippen LogP contribution in [0.2, 0.25) is 0 Å². The normalized spacial score (nSPS) is 12.0. The largest absolute Gasteiger partial charge is 0.444 e. The van der Waals surface area contributed by atoms with E-state index in [1.807, 2.05) is 66.7 Å². The summed E-state index contributed by atoms with van der Waals surface area (Å²) in [5.74, 6) is -0.314. The second-order valence-electron chi connectivity index (χ2n) is 8.19. The van der Waals surface area contributed by atoms with E-state index in [2.05, 4.69) is 15.6 Å². The van der Waals surface area contributed by atoms with Crippen LogP contribution in [0, 0.1) is 0 Å². The zero-order valence-electron chi connectivity index (χ0n) is 18.0. The maximum Gasteiger partial charge on any atom is 0.408 e. The Morgan fingerprint density at radius 1 is 0.903 bits per heavy atom. The predicted molar refractivity (Wildman–Crippen MR) is 122 cm³/mol. The molecule has 2 amide bonds. The van der Waals surface area contributed by atoms with Gasteiger partial charge in [0, 0.05) is 24.5 Å². The summed E-state index contributed by atoms with van der Waals surface area (Å²) in [7, 11) is 0. The van der Waals surface area contributed by atoms with Crippen LogP contribution in [0.3, 0.4) is 0 Å². The molecule has 0 unspecified atom stereocenters. The van der Waals surface area contributed by atoms with Crippen molar-refractivity contribution in [2.24, 2.45) is 0 Å². The quantitative estimate of drug-likeness (QED) is 0.602. The molecule has 0 aliphatic carbocycles. The van der Waals surface area contributed by atoms with E-state index in [1.165, 1.54) is 0 Å². The molecule has 3 aromatic rings. The fourth-order valence-corrected chi connectivity index (χ4v) is 3.03. The van der Waals surface area contributed by atoms with Crippen LogP contribution < -0.4 is 10.6 Å². The summed E-state index contributed by atoms with van der Waals surface area (Å²) in [6.07, 6.45) is 3.20. The van der Waals surface area contributed by atoms with Crippen LogP contribution in [0.15, 0.2) is 79.1 Å². The molecule has 6 heteroatoms. The number of rotatable bonds is 6. The van der Waals surface area contributed by atoms with Gasteiger partial charge in [0.1, 0.15) is 11.6 Å². The van der Waals surface area contributed by atoms with Crippen LogP contribution in [0.5, 0.6) is 0 Å². The molecular formula is C25H27N3O3. The standard InChI is InChI=1S/C25H27N3O3/c1-25(2,3)31-24(30)28-22(17-18-7-5-4-6-8-18)23(29)27-21-11-9-19(10-12-21)20-13-15-26-16-14-20/h4-16,22H,17H2,1-3H3,(H,27,29)(H,28,30)/t22-/m0/s1. The number of hydrogen-bond acceptors (Lipinski definition) is 4. The molecule has 6 nitrogen and oxygen atoms in total. The third-order valence-corrected chi connectivity index (χ3v) is 4.46. The van der Waals surface area contributed by atoms with Crippen molar-refractivity contribution in [2.45, 2.75) is 38.8 Å². The number of nitrogens with zero attached hydrogens (tertiary/aromatic N) is 1. The Bertz CT molecular complexity index is 998. The Kier molecular flexibility index (Phi) is 7.03. The third kappa shape index (κ3) is 6.96. The first-order valence-electron chi connectivity index (χ1n) is 10.1. The van der Waals surface area contributed by atoms with E-state index in [4.69, 9.17) is 4.74 Å². The lowest BCUT2D eigenvalue weighted by molar-refractivity contribution is -0.118. The third-order valence-electron chi connectivity index (χ3n) is 4.46. The molecule has 1 aromatic heterocycles. The number of anilines is 1. The van der Waals surface area contributed by atoms with Crippen LogP contribution in [-0.2, 0) is 16.0 Å². The highest BCUT2D eigenvalue weighted by Gasteiger charge is 2.25. The van der Waals surface area contributed by atoms with Gasteiger partial charge in [-0.05, 0) is 61.7 Å². The fraction of sp³-hybridized carbons (Fsp3) is 0.240. The van der Waals surface area contributed by atoms with Crippen molar-refractivity contribution in [1.82, 2.24) is 10.3 Å². The Morgan fingerprint density at radius 3 is 2.13 bits per heavy atom. The van der Waals surface area contributed by atoms with Gasteiger partial charge in [0.15, 0.2) is 0 Å². The summed E-state index contributed by atoms with van der Waals surface area (Å²) in [6.45, 7) is 5.34. The zero-order valence-corrected chi connectivity index (χ0v) is 18.0. The summed E-state index contributed by atoms with van der Waals surface area (Å²) in [4.78, 5) is 29.3. The van der Waals surface area contributed by atoms with Crippen molar-refractivity contribution >= 4 is 17.7 Å². The molecule has 0 fully saturated rings. The van der Waals surface area contributed by atoms with E-state index in [0.717, 1.165) is 16.7 Å². The van der Waals surface area contributed by atoms with Crippen molar-refractivity contribution in [3.8, 4) is 11.1 Å². The molecule has 0 bridgehead atoms. The van der Waals surface area contributed by atoms with Gasteiger partial charge in [0.05, 0.1) is 0 Å². The van der Waals surface area contributed by atoms with Gasteiger partial charge in [0.25, 0.3) is 0 Å². The molecule has 0 radical (unpaired) electrons. The highest BCUT2D eigenvalue weighted by Crippen LogP contribution is 2.21. The molecule has 160 valence electrons. The maximum atomic E-state index is 13.0. The van der Waals surface area contributed by atoms with Crippen LogP contribution >= 0.6 is 0 Å². The van der Waals surface area contributed by atoms with Crippen molar-refractivity contribution in [2.75, 3.05) is 5.32 Å². The van der Waals surface area contributed by atoms with E-state index in [0.29, 0.717) is 12.1 Å². The van der Waals surface area contributed by atoms with Gasteiger partial charge < -0.3 is 15.4 Å². The van der Waals surface area contributed by atoms with E-state index < -0.39 is 17.7 Å². The van der Waals surface area contributed by atoms with Gasteiger partial charge in [-0.1, -0.05) is 42.5 Å². The number of ether oxygens (including phenoxy) is 1. The Hall–Kier alpha value is -3.67. The number of hydrogen-bond donors (Lipinski definition) is 2. The Labute approximate surface area is 182 Å². The molecular weight excluding hydrogens is 390 g/mol. The van der Waals surface area contributed by atoms with Gasteiger partial charge in [0.2, 0.25) is 5.91 Å². The summed E-state index contributed by atoms with van der Waals surface area (Å²) >= 11 is 0. The van der Waals surface area contributed by atoms with E-state index in [1.54, 1.807) is 33.2 Å². The number of alkyl carbamates (subject to hydrolysis) is 1. The number of carbonyl (C=O) groups excluding carboxylic acids is 2. The van der Waals surface area contributed by atoms with Crippen molar-refractivity contribution in [3.63, 3.8) is 0 Å². The van der Waals surface area contributed by atoms with Crippen molar-refractivity contribution in [3.05, 3.63) is 84.7 Å². The molecule has 31 heavy (non-hydrogen) atoms. The number of amides is 2.